The van der Waals surface area contributed by atoms with Gasteiger partial charge in [-0.1, -0.05) is 50.5 Å². The largest absolute Gasteiger partial charge is 0.313 e. The summed E-state index contributed by atoms with van der Waals surface area (Å²) in [4.78, 5) is 0. The minimum atomic E-state index is 0.509. The highest BCUT2D eigenvalue weighted by molar-refractivity contribution is 5.32. The summed E-state index contributed by atoms with van der Waals surface area (Å²) in [5, 5.41) is 3.45. The number of benzene rings is 1. The van der Waals surface area contributed by atoms with Crippen LogP contribution in [0.3, 0.4) is 0 Å². The number of hydrogen-bond donors (Lipinski definition) is 1. The van der Waals surface area contributed by atoms with Gasteiger partial charge in [-0.2, -0.15) is 0 Å². The summed E-state index contributed by atoms with van der Waals surface area (Å²) in [6, 6.07) is 7.28. The van der Waals surface area contributed by atoms with Crippen molar-refractivity contribution in [2.45, 2.75) is 53.0 Å². The molecule has 17 heavy (non-hydrogen) atoms. The molecule has 0 radical (unpaired) electrons. The Morgan fingerprint density at radius 1 is 1.12 bits per heavy atom. The van der Waals surface area contributed by atoms with Crippen molar-refractivity contribution in [1.82, 2.24) is 5.32 Å². The van der Waals surface area contributed by atoms with Crippen molar-refractivity contribution in [1.29, 1.82) is 0 Å². The van der Waals surface area contributed by atoms with Gasteiger partial charge in [-0.05, 0) is 44.4 Å². The third kappa shape index (κ3) is 4.51. The van der Waals surface area contributed by atoms with Crippen molar-refractivity contribution in [2.24, 2.45) is 5.92 Å². The zero-order chi connectivity index (χ0) is 12.8. The number of hydrogen-bond acceptors (Lipinski definition) is 1. The zero-order valence-corrected chi connectivity index (χ0v) is 12.0. The molecule has 0 fully saturated rings. The Bertz CT molecular complexity index is 341. The molecule has 1 heteroatoms. The molecule has 96 valence electrons. The Kier molecular flexibility index (Phi) is 5.70. The second kappa shape index (κ2) is 6.80. The highest BCUT2D eigenvalue weighted by Crippen LogP contribution is 2.24. The van der Waals surface area contributed by atoms with Crippen LogP contribution in [0.2, 0.25) is 0 Å². The van der Waals surface area contributed by atoms with Gasteiger partial charge in [-0.3, -0.25) is 0 Å². The van der Waals surface area contributed by atoms with E-state index in [0.29, 0.717) is 6.04 Å². The number of nitrogens with one attached hydrogen (secondary N) is 1. The van der Waals surface area contributed by atoms with Gasteiger partial charge in [-0.15, -0.1) is 0 Å². The maximum Gasteiger partial charge on any atom is 0.0320 e. The Morgan fingerprint density at radius 3 is 2.35 bits per heavy atom. The van der Waals surface area contributed by atoms with Crippen LogP contribution in [-0.2, 0) is 0 Å². The average molecular weight is 233 g/mol. The van der Waals surface area contributed by atoms with Crippen LogP contribution in [0.4, 0.5) is 0 Å². The molecule has 0 saturated heterocycles. The van der Waals surface area contributed by atoms with Crippen LogP contribution in [-0.4, -0.2) is 7.05 Å². The highest BCUT2D eigenvalue weighted by atomic mass is 14.9. The van der Waals surface area contributed by atoms with Crippen molar-refractivity contribution in [2.75, 3.05) is 7.05 Å². The van der Waals surface area contributed by atoms with E-state index in [-0.39, 0.29) is 0 Å². The van der Waals surface area contributed by atoms with Crippen LogP contribution in [0.1, 0.15) is 55.8 Å². The molecule has 0 aliphatic rings. The first-order valence-corrected chi connectivity index (χ1v) is 6.79. The van der Waals surface area contributed by atoms with E-state index in [9.17, 15) is 0 Å². The molecular weight excluding hydrogens is 206 g/mol. The maximum atomic E-state index is 3.45. The van der Waals surface area contributed by atoms with Gasteiger partial charge in [0.25, 0.3) is 0 Å². The number of aryl methyl sites for hydroxylation is 2. The lowest BCUT2D eigenvalue weighted by atomic mass is 9.94. The van der Waals surface area contributed by atoms with Crippen LogP contribution in [0.25, 0.3) is 0 Å². The highest BCUT2D eigenvalue weighted by Gasteiger charge is 2.11. The molecule has 1 rings (SSSR count). The van der Waals surface area contributed by atoms with Crippen LogP contribution in [0.15, 0.2) is 18.2 Å². The average Bonchev–Trinajstić information content (AvgIpc) is 2.25. The molecule has 0 spiro atoms. The molecule has 0 saturated carbocycles. The topological polar surface area (TPSA) is 12.0 Å². The molecule has 0 aliphatic carbocycles. The summed E-state index contributed by atoms with van der Waals surface area (Å²) < 4.78 is 0. The molecule has 0 amide bonds. The van der Waals surface area contributed by atoms with Crippen molar-refractivity contribution in [3.63, 3.8) is 0 Å². The Balaban J connectivity index is 2.66. The fourth-order valence-electron chi connectivity index (χ4n) is 2.40. The molecule has 1 N–H and O–H groups in total. The third-order valence-corrected chi connectivity index (χ3v) is 3.42. The fraction of sp³-hybridized carbons (Fsp3) is 0.625. The summed E-state index contributed by atoms with van der Waals surface area (Å²) in [6.07, 6.45) is 3.86. The monoisotopic (exact) mass is 233 g/mol. The second-order valence-electron chi connectivity index (χ2n) is 5.53. The van der Waals surface area contributed by atoms with E-state index in [1.165, 1.54) is 36.0 Å². The minimum Gasteiger partial charge on any atom is -0.313 e. The second-order valence-corrected chi connectivity index (χ2v) is 5.53. The van der Waals surface area contributed by atoms with E-state index in [0.717, 1.165) is 5.92 Å². The van der Waals surface area contributed by atoms with Crippen molar-refractivity contribution < 1.29 is 0 Å². The van der Waals surface area contributed by atoms with Crippen LogP contribution in [0, 0.1) is 19.8 Å². The molecule has 1 aromatic carbocycles. The first-order valence-electron chi connectivity index (χ1n) is 6.79. The minimum absolute atomic E-state index is 0.509. The third-order valence-electron chi connectivity index (χ3n) is 3.42. The normalized spacial score (nSPS) is 13.1. The van der Waals surface area contributed by atoms with Crippen molar-refractivity contribution in [3.8, 4) is 0 Å². The molecule has 0 bridgehead atoms. The van der Waals surface area contributed by atoms with E-state index < -0.39 is 0 Å². The van der Waals surface area contributed by atoms with Crippen LogP contribution >= 0.6 is 0 Å². The predicted molar refractivity (Wildman–Crippen MR) is 76.4 cm³/mol. The molecule has 0 aromatic heterocycles. The molecule has 1 aromatic rings. The predicted octanol–water partition coefficient (Wildman–Crippen LogP) is 4.39. The van der Waals surface area contributed by atoms with Crippen LogP contribution < -0.4 is 5.32 Å². The van der Waals surface area contributed by atoms with Crippen molar-refractivity contribution >= 4 is 0 Å². The van der Waals surface area contributed by atoms with Gasteiger partial charge in [0.15, 0.2) is 0 Å². The summed E-state index contributed by atoms with van der Waals surface area (Å²) in [6.45, 7) is 8.97. The lowest BCUT2D eigenvalue weighted by Crippen LogP contribution is -2.17. The van der Waals surface area contributed by atoms with Crippen molar-refractivity contribution in [3.05, 3.63) is 34.9 Å². The van der Waals surface area contributed by atoms with Crippen LogP contribution in [0.5, 0.6) is 0 Å². The van der Waals surface area contributed by atoms with Gasteiger partial charge in [-0.25, -0.2) is 0 Å². The lowest BCUT2D eigenvalue weighted by molar-refractivity contribution is 0.469. The molecule has 0 heterocycles. The Labute approximate surface area is 107 Å². The molecule has 0 aliphatic heterocycles. The molecule has 1 nitrogen and oxygen atoms in total. The van der Waals surface area contributed by atoms with E-state index in [4.69, 9.17) is 0 Å². The van der Waals surface area contributed by atoms with E-state index in [2.05, 4.69) is 58.3 Å². The summed E-state index contributed by atoms with van der Waals surface area (Å²) >= 11 is 0. The Hall–Kier alpha value is -0.820. The quantitative estimate of drug-likeness (QED) is 0.768. The smallest absolute Gasteiger partial charge is 0.0320 e. The van der Waals surface area contributed by atoms with Gasteiger partial charge in [0.1, 0.15) is 0 Å². The molecular formula is C16H27N. The lowest BCUT2D eigenvalue weighted by Gasteiger charge is -2.19. The van der Waals surface area contributed by atoms with Gasteiger partial charge >= 0.3 is 0 Å². The summed E-state index contributed by atoms with van der Waals surface area (Å²) in [5.41, 5.74) is 4.22. The van der Waals surface area contributed by atoms with Gasteiger partial charge in [0.2, 0.25) is 0 Å². The number of rotatable bonds is 6. The fourth-order valence-corrected chi connectivity index (χ4v) is 2.40. The van der Waals surface area contributed by atoms with E-state index in [1.807, 2.05) is 0 Å². The molecule has 1 atom stereocenters. The maximum absolute atomic E-state index is 3.45. The summed E-state index contributed by atoms with van der Waals surface area (Å²) in [7, 11) is 2.07. The first-order chi connectivity index (χ1) is 8.04. The zero-order valence-electron chi connectivity index (χ0n) is 12.0. The SMILES string of the molecule is CNC(CCCC(C)C)c1ccc(C)cc1C. The summed E-state index contributed by atoms with van der Waals surface area (Å²) in [5.74, 6) is 0.812. The first kappa shape index (κ1) is 14.2. The Morgan fingerprint density at radius 2 is 1.82 bits per heavy atom. The standard InChI is InChI=1S/C16H27N/c1-12(2)7-6-8-16(17-5)15-10-9-13(3)11-14(15)4/h9-12,16-17H,6-8H2,1-5H3. The van der Waals surface area contributed by atoms with Gasteiger partial charge in [0.05, 0.1) is 0 Å². The van der Waals surface area contributed by atoms with E-state index in [1.54, 1.807) is 0 Å². The van der Waals surface area contributed by atoms with Gasteiger partial charge in [0, 0.05) is 6.04 Å². The molecule has 1 unspecified atom stereocenters. The van der Waals surface area contributed by atoms with Gasteiger partial charge < -0.3 is 5.32 Å². The van der Waals surface area contributed by atoms with E-state index >= 15 is 0 Å².